The van der Waals surface area contributed by atoms with Gasteiger partial charge in [-0.2, -0.15) is 0 Å². The summed E-state index contributed by atoms with van der Waals surface area (Å²) in [5, 5.41) is 0. The Hall–Kier alpha value is 0.490. The molecule has 2 atom stereocenters. The Bertz CT molecular complexity index is 30.6. The van der Waals surface area contributed by atoms with Gasteiger partial charge in [0.1, 0.15) is 6.66 Å². The lowest BCUT2D eigenvalue weighted by Crippen LogP contribution is -1.78. The van der Waals surface area contributed by atoms with Gasteiger partial charge in [-0.3, -0.25) is 0 Å². The Kier molecular flexibility index (Phi) is 8.16. The van der Waals surface area contributed by atoms with Crippen LogP contribution >= 0.6 is 17.9 Å². The third kappa shape index (κ3) is 116. The van der Waals surface area contributed by atoms with E-state index >= 15 is 0 Å². The topological polar surface area (TPSA) is 40.1 Å². The van der Waals surface area contributed by atoms with Crippen molar-refractivity contribution in [3.63, 3.8) is 0 Å². The molecule has 0 rings (SSSR count). The van der Waals surface area contributed by atoms with E-state index in [0.717, 1.165) is 6.66 Å². The lowest BCUT2D eigenvalue weighted by Gasteiger charge is -1.60. The first kappa shape index (κ1) is 9.09. The van der Waals surface area contributed by atoms with Gasteiger partial charge in [-0.25, -0.2) is 0 Å². The second-order valence-electron chi connectivity index (χ2n) is 0.440. The van der Waals surface area contributed by atoms with Gasteiger partial charge in [0, 0.05) is 0 Å². The van der Waals surface area contributed by atoms with Crippen LogP contribution in [-0.2, 0) is 4.57 Å². The molecule has 0 aliphatic heterocycles. The normalized spacial score (nSPS) is 8.80. The number of hydrogen-bond donors (Lipinski definition) is 0. The van der Waals surface area contributed by atoms with Gasteiger partial charge in [-0.15, -0.1) is 0 Å². The molecule has 0 fully saturated rings. The van der Waals surface area contributed by atoms with Crippen molar-refractivity contribution in [2.75, 3.05) is 6.66 Å². The first-order valence-corrected chi connectivity index (χ1v) is 2.44. The average molecular weight is 113 g/mol. The summed E-state index contributed by atoms with van der Waals surface area (Å²) in [5.41, 5.74) is 0. The molecular weight excluding hydrogens is 106 g/mol. The van der Waals surface area contributed by atoms with Crippen LogP contribution in [0.3, 0.4) is 0 Å². The van der Waals surface area contributed by atoms with Crippen molar-refractivity contribution in [1.29, 1.82) is 0 Å². The summed E-state index contributed by atoms with van der Waals surface area (Å²) >= 11 is 0. The fourth-order valence-electron chi connectivity index (χ4n) is 0. The van der Waals surface area contributed by atoms with Crippen molar-refractivity contribution in [1.82, 2.24) is 0 Å². The van der Waals surface area contributed by atoms with E-state index in [2.05, 4.69) is 0 Å². The average Bonchev–Trinajstić information content (AvgIpc) is 0.811. The van der Waals surface area contributed by atoms with Crippen molar-refractivity contribution >= 4 is 17.9 Å². The maximum atomic E-state index is 9.04. The van der Waals surface area contributed by atoms with Crippen molar-refractivity contribution in [3.05, 3.63) is 0 Å². The highest BCUT2D eigenvalue weighted by Gasteiger charge is 1.68. The van der Waals surface area contributed by atoms with Crippen LogP contribution in [0, 0.1) is 0 Å². The highest BCUT2D eigenvalue weighted by Crippen LogP contribution is 1.91. The second-order valence-corrected chi connectivity index (χ2v) is 1.32. The quantitative estimate of drug-likeness (QED) is 0.397. The Morgan fingerprint density at radius 1 is 1.80 bits per heavy atom. The molecule has 2 nitrogen and oxygen atoms in total. The third-order valence-electron chi connectivity index (χ3n) is 0. The maximum absolute atomic E-state index is 9.04. The van der Waals surface area contributed by atoms with Crippen molar-refractivity contribution in [2.24, 2.45) is 0 Å². The molecule has 0 N–H and O–H groups in total. The van der Waals surface area contributed by atoms with Crippen molar-refractivity contribution in [2.45, 2.75) is 0 Å². The SMILES string of the molecule is C[P+](=O)[O-].[PH4+]. The fraction of sp³-hybridized carbons (Fsp3) is 1.00. The zero-order chi connectivity index (χ0) is 3.58. The Morgan fingerprint density at radius 2 is 1.80 bits per heavy atom. The molecule has 0 radical (unpaired) electrons. The second kappa shape index (κ2) is 4.49. The first-order valence-electron chi connectivity index (χ1n) is 0.812. The molecule has 4 heteroatoms. The summed E-state index contributed by atoms with van der Waals surface area (Å²) in [4.78, 5) is 9.04. The van der Waals surface area contributed by atoms with Crippen molar-refractivity contribution in [3.8, 4) is 0 Å². The van der Waals surface area contributed by atoms with Gasteiger partial charge in [0.15, 0.2) is 0 Å². The molecule has 0 aliphatic rings. The van der Waals surface area contributed by atoms with Crippen LogP contribution in [-0.4, -0.2) is 6.66 Å². The summed E-state index contributed by atoms with van der Waals surface area (Å²) in [6, 6.07) is 0. The van der Waals surface area contributed by atoms with Gasteiger partial charge in [-0.05, 0) is 9.90 Å². The zero-order valence-electron chi connectivity index (χ0n) is 3.26. The van der Waals surface area contributed by atoms with E-state index in [4.69, 9.17) is 9.46 Å². The molecule has 0 amide bonds. The molecule has 0 heterocycles. The molecule has 0 aromatic heterocycles. The molecule has 0 saturated carbocycles. The van der Waals surface area contributed by atoms with E-state index in [-0.39, 0.29) is 9.90 Å². The minimum Gasteiger partial charge on any atom is -0.596 e. The van der Waals surface area contributed by atoms with E-state index in [1.807, 2.05) is 0 Å². The van der Waals surface area contributed by atoms with E-state index in [1.54, 1.807) is 0 Å². The first-order chi connectivity index (χ1) is 1.73. The summed E-state index contributed by atoms with van der Waals surface area (Å²) in [6.45, 7) is 1.12. The van der Waals surface area contributed by atoms with Gasteiger partial charge in [-0.1, -0.05) is 4.57 Å². The highest BCUT2D eigenvalue weighted by atomic mass is 31.1. The molecule has 0 saturated heterocycles. The van der Waals surface area contributed by atoms with Crippen LogP contribution in [0.5, 0.6) is 0 Å². The third-order valence-corrected chi connectivity index (χ3v) is 0. The van der Waals surface area contributed by atoms with Crippen LogP contribution in [0.1, 0.15) is 0 Å². The van der Waals surface area contributed by atoms with Gasteiger partial charge in [0.2, 0.25) is 0 Å². The van der Waals surface area contributed by atoms with E-state index < -0.39 is 8.03 Å². The van der Waals surface area contributed by atoms with Gasteiger partial charge in [0.05, 0.1) is 0 Å². The Morgan fingerprint density at radius 3 is 1.80 bits per heavy atom. The lowest BCUT2D eigenvalue weighted by atomic mass is 12.0. The molecule has 0 aliphatic carbocycles. The molecule has 0 bridgehead atoms. The molecule has 32 valence electrons. The molecule has 0 aromatic carbocycles. The van der Waals surface area contributed by atoms with Crippen LogP contribution < -0.4 is 4.89 Å². The van der Waals surface area contributed by atoms with Gasteiger partial charge in [0.25, 0.3) is 0 Å². The van der Waals surface area contributed by atoms with Crippen LogP contribution in [0.15, 0.2) is 0 Å². The van der Waals surface area contributed by atoms with E-state index in [1.165, 1.54) is 0 Å². The minimum absolute atomic E-state index is 0. The van der Waals surface area contributed by atoms with Gasteiger partial charge >= 0.3 is 8.03 Å². The van der Waals surface area contributed by atoms with E-state index in [9.17, 15) is 0 Å². The van der Waals surface area contributed by atoms with Crippen LogP contribution in [0.2, 0.25) is 0 Å². The van der Waals surface area contributed by atoms with Crippen LogP contribution in [0.25, 0.3) is 0 Å². The largest absolute Gasteiger partial charge is 0.596 e. The summed E-state index contributed by atoms with van der Waals surface area (Å²) in [5.74, 6) is 0. The smallest absolute Gasteiger partial charge is 0.305 e. The maximum Gasteiger partial charge on any atom is 0.305 e. The highest BCUT2D eigenvalue weighted by molar-refractivity contribution is 7.35. The molecular formula is CH7O2P2+. The zero-order valence-corrected chi connectivity index (χ0v) is 6.16. The predicted molar refractivity (Wildman–Crippen MR) is 26.0 cm³/mol. The molecule has 0 spiro atoms. The summed E-state index contributed by atoms with van der Waals surface area (Å²) in [6.07, 6.45) is 0. The summed E-state index contributed by atoms with van der Waals surface area (Å²) in [7, 11) is -2.12. The Labute approximate surface area is 35.1 Å². The van der Waals surface area contributed by atoms with Crippen molar-refractivity contribution < 1.29 is 9.46 Å². The predicted octanol–water partition coefficient (Wildman–Crippen LogP) is -0.491. The monoisotopic (exact) mass is 113 g/mol. The number of rotatable bonds is 0. The summed E-state index contributed by atoms with van der Waals surface area (Å²) < 4.78 is 9.04. The Balaban J connectivity index is 0. The minimum atomic E-state index is -2.12. The number of hydrogen-bond acceptors (Lipinski definition) is 2. The van der Waals surface area contributed by atoms with E-state index in [0.29, 0.717) is 0 Å². The standard InChI is InChI=1S/CH3O2P.H3P/c1-4(2)3;/h1H3;1H3/p+1. The molecule has 2 unspecified atom stereocenters. The molecule has 0 aromatic rings. The molecule has 5 heavy (non-hydrogen) atoms. The fourth-order valence-corrected chi connectivity index (χ4v) is 0. The van der Waals surface area contributed by atoms with Crippen LogP contribution in [0.4, 0.5) is 0 Å². The lowest BCUT2D eigenvalue weighted by molar-refractivity contribution is -0.162. The van der Waals surface area contributed by atoms with Gasteiger partial charge < -0.3 is 4.89 Å².